The molecule has 2 heterocycles. The van der Waals surface area contributed by atoms with Gasteiger partial charge in [0.2, 0.25) is 0 Å². The van der Waals surface area contributed by atoms with Crippen LogP contribution in [0.3, 0.4) is 0 Å². The molecule has 1 saturated heterocycles. The Labute approximate surface area is 94.1 Å². The number of rotatable bonds is 3. The van der Waals surface area contributed by atoms with E-state index in [4.69, 9.17) is 5.73 Å². The number of nitrogens with two attached hydrogens (primary N) is 1. The summed E-state index contributed by atoms with van der Waals surface area (Å²) in [6.07, 6.45) is 3.65. The van der Waals surface area contributed by atoms with E-state index >= 15 is 0 Å². The van der Waals surface area contributed by atoms with Gasteiger partial charge >= 0.3 is 0 Å². The molecule has 1 fully saturated rings. The normalized spacial score (nSPS) is 29.3. The summed E-state index contributed by atoms with van der Waals surface area (Å²) in [4.78, 5) is 0. The van der Waals surface area contributed by atoms with E-state index in [2.05, 4.69) is 35.5 Å². The minimum Gasteiger partial charge on any atom is -0.326 e. The minimum absolute atomic E-state index is 0.310. The van der Waals surface area contributed by atoms with E-state index in [1.807, 2.05) is 0 Å². The fraction of sp³-hybridized carbons (Fsp3) is 0.636. The van der Waals surface area contributed by atoms with E-state index in [0.717, 1.165) is 6.42 Å². The monoisotopic (exact) mass is 227 g/mol. The highest BCUT2D eigenvalue weighted by Crippen LogP contribution is 2.40. The van der Waals surface area contributed by atoms with Gasteiger partial charge in [0, 0.05) is 10.8 Å². The van der Waals surface area contributed by atoms with Crippen LogP contribution < -0.4 is 5.73 Å². The lowest BCUT2D eigenvalue weighted by molar-refractivity contribution is 0.483. The lowest BCUT2D eigenvalue weighted by Crippen LogP contribution is -2.42. The maximum absolute atomic E-state index is 6.29. The van der Waals surface area contributed by atoms with Crippen LogP contribution in [-0.4, -0.2) is 16.5 Å². The zero-order valence-electron chi connectivity index (χ0n) is 8.53. The Hall–Kier alpha value is 0.01000. The van der Waals surface area contributed by atoms with Crippen LogP contribution in [0, 0.1) is 0 Å². The topological polar surface area (TPSA) is 26.0 Å². The predicted molar refractivity (Wildman–Crippen MR) is 66.1 cm³/mol. The van der Waals surface area contributed by atoms with E-state index in [1.165, 1.54) is 24.2 Å². The molecule has 14 heavy (non-hydrogen) atoms. The average Bonchev–Trinajstić information content (AvgIpc) is 2.76. The third-order valence-electron chi connectivity index (χ3n) is 3.07. The zero-order chi connectivity index (χ0) is 10.0. The molecule has 0 saturated carbocycles. The van der Waals surface area contributed by atoms with Gasteiger partial charge in [-0.3, -0.25) is 0 Å². The first-order valence-corrected chi connectivity index (χ1v) is 7.04. The van der Waals surface area contributed by atoms with Crippen molar-refractivity contribution in [1.82, 2.24) is 0 Å². The van der Waals surface area contributed by atoms with Gasteiger partial charge in [-0.25, -0.2) is 0 Å². The Balaban J connectivity index is 1.98. The van der Waals surface area contributed by atoms with Gasteiger partial charge in [0.25, 0.3) is 0 Å². The summed E-state index contributed by atoms with van der Waals surface area (Å²) in [6.45, 7) is 2.32. The smallest absolute Gasteiger partial charge is 0.0286 e. The van der Waals surface area contributed by atoms with E-state index in [1.54, 1.807) is 11.3 Å². The highest BCUT2D eigenvalue weighted by molar-refractivity contribution is 8.00. The van der Waals surface area contributed by atoms with Crippen LogP contribution in [-0.2, 0) is 6.42 Å². The molecule has 0 spiro atoms. The van der Waals surface area contributed by atoms with Gasteiger partial charge < -0.3 is 5.73 Å². The number of hydrogen-bond acceptors (Lipinski definition) is 3. The molecule has 1 aliphatic heterocycles. The first kappa shape index (κ1) is 10.5. The summed E-state index contributed by atoms with van der Waals surface area (Å²) < 4.78 is 0.321. The van der Waals surface area contributed by atoms with E-state index in [-0.39, 0.29) is 0 Å². The maximum atomic E-state index is 6.29. The van der Waals surface area contributed by atoms with Crippen LogP contribution >= 0.6 is 23.1 Å². The van der Waals surface area contributed by atoms with Gasteiger partial charge in [-0.2, -0.15) is 23.1 Å². The largest absolute Gasteiger partial charge is 0.326 e. The molecule has 3 heteroatoms. The second-order valence-corrected chi connectivity index (χ2v) is 6.62. The fourth-order valence-corrected chi connectivity index (χ4v) is 3.99. The second kappa shape index (κ2) is 4.25. The van der Waals surface area contributed by atoms with E-state index < -0.39 is 0 Å². The van der Waals surface area contributed by atoms with Gasteiger partial charge in [0.1, 0.15) is 0 Å². The van der Waals surface area contributed by atoms with Crippen LogP contribution in [0.15, 0.2) is 16.8 Å². The SMILES string of the molecule is CC1(C(N)Cc2ccsc2)CCCS1. The maximum Gasteiger partial charge on any atom is 0.0286 e. The first-order valence-electron chi connectivity index (χ1n) is 5.11. The minimum atomic E-state index is 0.310. The van der Waals surface area contributed by atoms with Gasteiger partial charge in [0.05, 0.1) is 0 Å². The molecule has 2 rings (SSSR count). The third-order valence-corrected chi connectivity index (χ3v) is 5.46. The summed E-state index contributed by atoms with van der Waals surface area (Å²) in [5.41, 5.74) is 7.69. The molecule has 1 aromatic heterocycles. The molecule has 0 bridgehead atoms. The Kier molecular flexibility index (Phi) is 3.20. The van der Waals surface area contributed by atoms with Gasteiger partial charge in [-0.15, -0.1) is 0 Å². The molecule has 2 N–H and O–H groups in total. The molecule has 1 nitrogen and oxygen atoms in total. The van der Waals surface area contributed by atoms with Crippen molar-refractivity contribution in [2.45, 2.75) is 37.0 Å². The molecule has 1 aromatic rings. The summed E-state index contributed by atoms with van der Waals surface area (Å²) in [7, 11) is 0. The van der Waals surface area contributed by atoms with Crippen LogP contribution in [0.25, 0.3) is 0 Å². The molecule has 0 amide bonds. The van der Waals surface area contributed by atoms with Crippen LogP contribution in [0.2, 0.25) is 0 Å². The Morgan fingerprint density at radius 2 is 2.50 bits per heavy atom. The quantitative estimate of drug-likeness (QED) is 0.859. The molecular weight excluding hydrogens is 210 g/mol. The van der Waals surface area contributed by atoms with Crippen molar-refractivity contribution in [1.29, 1.82) is 0 Å². The van der Waals surface area contributed by atoms with Crippen molar-refractivity contribution in [3.05, 3.63) is 22.4 Å². The molecule has 78 valence electrons. The first-order chi connectivity index (χ1) is 6.71. The van der Waals surface area contributed by atoms with Crippen LogP contribution in [0.1, 0.15) is 25.3 Å². The van der Waals surface area contributed by atoms with E-state index in [9.17, 15) is 0 Å². The number of thiophene rings is 1. The highest BCUT2D eigenvalue weighted by Gasteiger charge is 2.35. The lowest BCUT2D eigenvalue weighted by atomic mass is 9.92. The highest BCUT2D eigenvalue weighted by atomic mass is 32.2. The van der Waals surface area contributed by atoms with Crippen molar-refractivity contribution < 1.29 is 0 Å². The van der Waals surface area contributed by atoms with Crippen LogP contribution in [0.5, 0.6) is 0 Å². The van der Waals surface area contributed by atoms with Crippen molar-refractivity contribution in [2.24, 2.45) is 5.73 Å². The molecule has 2 atom stereocenters. The fourth-order valence-electron chi connectivity index (χ4n) is 1.97. The second-order valence-electron chi connectivity index (χ2n) is 4.21. The Morgan fingerprint density at radius 1 is 1.64 bits per heavy atom. The standard InChI is InChI=1S/C11H17NS2/c1-11(4-2-5-14-11)10(12)7-9-3-6-13-8-9/h3,6,8,10H,2,4-5,7,12H2,1H3. The van der Waals surface area contributed by atoms with Crippen LogP contribution in [0.4, 0.5) is 0 Å². The van der Waals surface area contributed by atoms with Gasteiger partial charge in [-0.05, 0) is 54.3 Å². The molecule has 2 unspecified atom stereocenters. The van der Waals surface area contributed by atoms with E-state index in [0.29, 0.717) is 10.8 Å². The zero-order valence-corrected chi connectivity index (χ0v) is 10.2. The summed E-state index contributed by atoms with van der Waals surface area (Å²) >= 11 is 3.81. The number of hydrogen-bond donors (Lipinski definition) is 1. The van der Waals surface area contributed by atoms with Gasteiger partial charge in [0.15, 0.2) is 0 Å². The van der Waals surface area contributed by atoms with Crippen molar-refractivity contribution in [3.63, 3.8) is 0 Å². The Morgan fingerprint density at radius 3 is 3.07 bits per heavy atom. The average molecular weight is 227 g/mol. The van der Waals surface area contributed by atoms with Crippen molar-refractivity contribution in [2.75, 3.05) is 5.75 Å². The van der Waals surface area contributed by atoms with Crippen molar-refractivity contribution in [3.8, 4) is 0 Å². The van der Waals surface area contributed by atoms with Gasteiger partial charge in [-0.1, -0.05) is 0 Å². The Bertz CT molecular complexity index is 275. The molecule has 0 radical (unpaired) electrons. The third kappa shape index (κ3) is 2.15. The lowest BCUT2D eigenvalue weighted by Gasteiger charge is -2.30. The number of thioether (sulfide) groups is 1. The van der Waals surface area contributed by atoms with Crippen molar-refractivity contribution >= 4 is 23.1 Å². The predicted octanol–water partition coefficient (Wildman–Crippen LogP) is 2.90. The molecule has 1 aliphatic rings. The summed E-state index contributed by atoms with van der Waals surface area (Å²) in [5.74, 6) is 1.29. The molecule has 0 aliphatic carbocycles. The molecule has 0 aromatic carbocycles. The molecular formula is C11H17NS2. The summed E-state index contributed by atoms with van der Waals surface area (Å²) in [6, 6.07) is 2.50. The summed E-state index contributed by atoms with van der Waals surface area (Å²) in [5, 5.41) is 4.34.